The number of carbonyl (C=O) groups is 2. The fourth-order valence-electron chi connectivity index (χ4n) is 1.42. The molecule has 1 aromatic heterocycles. The molecule has 0 unspecified atom stereocenters. The van der Waals surface area contributed by atoms with Crippen LogP contribution >= 0.6 is 0 Å². The third-order valence-electron chi connectivity index (χ3n) is 2.00. The molecule has 0 amide bonds. The Bertz CT molecular complexity index is 400. The van der Waals surface area contributed by atoms with E-state index in [-0.39, 0.29) is 26.2 Å². The van der Waals surface area contributed by atoms with Crippen LogP contribution in [0.1, 0.15) is 11.5 Å². The molecule has 1 rings (SSSR count). The van der Waals surface area contributed by atoms with E-state index in [1.54, 1.807) is 6.07 Å². The third-order valence-corrected chi connectivity index (χ3v) is 2.00. The molecule has 2 N–H and O–H groups in total. The fraction of sp³-hybridized carbons (Fsp3) is 0.500. The van der Waals surface area contributed by atoms with Gasteiger partial charge in [-0.05, 0) is 0 Å². The number of hydrogen-bond acceptors (Lipinski definition) is 6. The maximum Gasteiger partial charge on any atom is 0.317 e. The van der Waals surface area contributed by atoms with Crippen LogP contribution in [0, 0.1) is 0 Å². The van der Waals surface area contributed by atoms with Crippen LogP contribution < -0.4 is 0 Å². The fourth-order valence-corrected chi connectivity index (χ4v) is 1.42. The van der Waals surface area contributed by atoms with Gasteiger partial charge in [0.1, 0.15) is 6.61 Å². The van der Waals surface area contributed by atoms with E-state index in [0.717, 1.165) is 0 Å². The molecule has 0 fully saturated rings. The maximum atomic E-state index is 10.6. The van der Waals surface area contributed by atoms with Crippen molar-refractivity contribution in [3.8, 4) is 0 Å². The lowest BCUT2D eigenvalue weighted by atomic mass is 10.3. The van der Waals surface area contributed by atoms with Crippen molar-refractivity contribution >= 4 is 11.9 Å². The molecule has 0 radical (unpaired) electrons. The van der Waals surface area contributed by atoms with Crippen molar-refractivity contribution in [3.05, 3.63) is 17.5 Å². The van der Waals surface area contributed by atoms with Crippen molar-refractivity contribution in [2.45, 2.75) is 13.2 Å². The first kappa shape index (κ1) is 14.1. The number of aromatic nitrogens is 1. The highest BCUT2D eigenvalue weighted by Gasteiger charge is 2.16. The average molecular weight is 258 g/mol. The molecule has 0 saturated carbocycles. The van der Waals surface area contributed by atoms with Crippen LogP contribution in [-0.4, -0.2) is 52.4 Å². The van der Waals surface area contributed by atoms with Crippen molar-refractivity contribution in [3.63, 3.8) is 0 Å². The summed E-state index contributed by atoms with van der Waals surface area (Å²) in [5.74, 6) is -1.70. The molecule has 0 aliphatic heterocycles. The summed E-state index contributed by atoms with van der Waals surface area (Å²) in [5, 5.41) is 21.0. The first-order valence-corrected chi connectivity index (χ1v) is 5.10. The van der Waals surface area contributed by atoms with Crippen LogP contribution in [0.25, 0.3) is 0 Å². The number of carboxylic acids is 2. The Labute approximate surface area is 103 Å². The van der Waals surface area contributed by atoms with Gasteiger partial charge in [0.2, 0.25) is 0 Å². The molecule has 0 spiro atoms. The highest BCUT2D eigenvalue weighted by Crippen LogP contribution is 2.07. The SMILES string of the molecule is COCc1cc(CN(CC(=O)O)CC(=O)O)no1. The van der Waals surface area contributed by atoms with Crippen LogP contribution in [-0.2, 0) is 27.5 Å². The van der Waals surface area contributed by atoms with Gasteiger partial charge in [-0.3, -0.25) is 14.5 Å². The normalized spacial score (nSPS) is 10.8. The van der Waals surface area contributed by atoms with Crippen molar-refractivity contribution < 1.29 is 29.1 Å². The number of aliphatic carboxylic acids is 2. The van der Waals surface area contributed by atoms with E-state index in [1.165, 1.54) is 12.0 Å². The van der Waals surface area contributed by atoms with Crippen molar-refractivity contribution in [1.82, 2.24) is 10.1 Å². The summed E-state index contributed by atoms with van der Waals surface area (Å²) in [6, 6.07) is 1.60. The topological polar surface area (TPSA) is 113 Å². The molecule has 100 valence electrons. The lowest BCUT2D eigenvalue weighted by molar-refractivity contribution is -0.142. The lowest BCUT2D eigenvalue weighted by Gasteiger charge is -2.15. The van der Waals surface area contributed by atoms with Gasteiger partial charge in [0.05, 0.1) is 18.8 Å². The summed E-state index contributed by atoms with van der Waals surface area (Å²) in [4.78, 5) is 22.4. The summed E-state index contributed by atoms with van der Waals surface area (Å²) in [6.07, 6.45) is 0. The standard InChI is InChI=1S/C10H14N2O6/c1-17-6-8-2-7(11-18-8)3-12(4-9(13)14)5-10(15)16/h2H,3-6H2,1H3,(H,13,14)(H,15,16). The second kappa shape index (κ2) is 6.72. The Morgan fingerprint density at radius 1 is 1.39 bits per heavy atom. The van der Waals surface area contributed by atoms with E-state index in [2.05, 4.69) is 5.16 Å². The van der Waals surface area contributed by atoms with E-state index in [4.69, 9.17) is 19.5 Å². The Morgan fingerprint density at radius 2 is 2.00 bits per heavy atom. The molecule has 0 bridgehead atoms. The van der Waals surface area contributed by atoms with Crippen LogP contribution in [0.3, 0.4) is 0 Å². The monoisotopic (exact) mass is 258 g/mol. The Morgan fingerprint density at radius 3 is 2.50 bits per heavy atom. The number of ether oxygens (including phenoxy) is 1. The zero-order chi connectivity index (χ0) is 13.5. The highest BCUT2D eigenvalue weighted by atomic mass is 16.5. The summed E-state index contributed by atoms with van der Waals surface area (Å²) in [6.45, 7) is -0.409. The first-order chi connectivity index (χ1) is 8.51. The Kier molecular flexibility index (Phi) is 5.28. The van der Waals surface area contributed by atoms with Gasteiger partial charge in [-0.1, -0.05) is 5.16 Å². The summed E-state index contributed by atoms with van der Waals surface area (Å²) >= 11 is 0. The van der Waals surface area contributed by atoms with Crippen molar-refractivity contribution in [1.29, 1.82) is 0 Å². The Hall–Kier alpha value is -1.93. The van der Waals surface area contributed by atoms with Gasteiger partial charge in [0, 0.05) is 19.7 Å². The van der Waals surface area contributed by atoms with Gasteiger partial charge in [-0.25, -0.2) is 0 Å². The molecular weight excluding hydrogens is 244 g/mol. The molecule has 1 aromatic rings. The average Bonchev–Trinajstić information content (AvgIpc) is 2.64. The van der Waals surface area contributed by atoms with Crippen LogP contribution in [0.5, 0.6) is 0 Å². The van der Waals surface area contributed by atoms with Gasteiger partial charge < -0.3 is 19.5 Å². The van der Waals surface area contributed by atoms with Gasteiger partial charge in [-0.2, -0.15) is 0 Å². The molecule has 0 saturated heterocycles. The van der Waals surface area contributed by atoms with Crippen LogP contribution in [0.15, 0.2) is 10.6 Å². The molecule has 8 heteroatoms. The van der Waals surface area contributed by atoms with Gasteiger partial charge in [0.25, 0.3) is 0 Å². The van der Waals surface area contributed by atoms with E-state index < -0.39 is 11.9 Å². The molecule has 18 heavy (non-hydrogen) atoms. The van der Waals surface area contributed by atoms with Gasteiger partial charge in [0.15, 0.2) is 5.76 Å². The number of rotatable bonds is 8. The zero-order valence-corrected chi connectivity index (χ0v) is 9.83. The number of nitrogens with zero attached hydrogens (tertiary/aromatic N) is 2. The second-order valence-electron chi connectivity index (χ2n) is 3.65. The minimum Gasteiger partial charge on any atom is -0.480 e. The molecule has 8 nitrogen and oxygen atoms in total. The van der Waals surface area contributed by atoms with Crippen molar-refractivity contribution in [2.24, 2.45) is 0 Å². The van der Waals surface area contributed by atoms with E-state index in [0.29, 0.717) is 11.5 Å². The van der Waals surface area contributed by atoms with Gasteiger partial charge in [-0.15, -0.1) is 0 Å². The number of hydrogen-bond donors (Lipinski definition) is 2. The summed E-state index contributed by atoms with van der Waals surface area (Å²) in [5.41, 5.74) is 0.463. The number of methoxy groups -OCH3 is 1. The predicted octanol–water partition coefficient (Wildman–Crippen LogP) is -0.208. The molecule has 1 heterocycles. The molecule has 0 aromatic carbocycles. The van der Waals surface area contributed by atoms with E-state index >= 15 is 0 Å². The quantitative estimate of drug-likeness (QED) is 0.658. The largest absolute Gasteiger partial charge is 0.480 e. The minimum absolute atomic E-state index is 0.0891. The van der Waals surface area contributed by atoms with Crippen LogP contribution in [0.2, 0.25) is 0 Å². The predicted molar refractivity (Wildman–Crippen MR) is 57.8 cm³/mol. The highest BCUT2D eigenvalue weighted by molar-refractivity contribution is 5.72. The first-order valence-electron chi connectivity index (χ1n) is 5.10. The van der Waals surface area contributed by atoms with Crippen molar-refractivity contribution in [2.75, 3.05) is 20.2 Å². The molecule has 0 aliphatic carbocycles. The third kappa shape index (κ3) is 4.93. The summed E-state index contributed by atoms with van der Waals surface area (Å²) < 4.78 is 9.76. The minimum atomic E-state index is -1.10. The molecular formula is C10H14N2O6. The molecule has 0 atom stereocenters. The van der Waals surface area contributed by atoms with E-state index in [9.17, 15) is 9.59 Å². The van der Waals surface area contributed by atoms with E-state index in [1.807, 2.05) is 0 Å². The lowest BCUT2D eigenvalue weighted by Crippen LogP contribution is -2.34. The maximum absolute atomic E-state index is 10.6. The second-order valence-corrected chi connectivity index (χ2v) is 3.65. The summed E-state index contributed by atoms with van der Waals surface area (Å²) in [7, 11) is 1.50. The zero-order valence-electron chi connectivity index (χ0n) is 9.83. The van der Waals surface area contributed by atoms with Crippen LogP contribution in [0.4, 0.5) is 0 Å². The van der Waals surface area contributed by atoms with Gasteiger partial charge >= 0.3 is 11.9 Å². The Balaban J connectivity index is 2.62. The smallest absolute Gasteiger partial charge is 0.317 e. The molecule has 0 aliphatic rings. The number of carboxylic acid groups (broad SMARTS) is 2.